The summed E-state index contributed by atoms with van der Waals surface area (Å²) in [5.74, 6) is -0.0588. The van der Waals surface area contributed by atoms with Gasteiger partial charge in [-0.1, -0.05) is 19.7 Å². The number of carbonyl (C=O) groups is 6. The molecule has 464 valence electrons. The summed E-state index contributed by atoms with van der Waals surface area (Å²) in [5, 5.41) is 17.0. The third-order valence-corrected chi connectivity index (χ3v) is 13.3. The second-order valence-electron chi connectivity index (χ2n) is 25.7. The lowest BCUT2D eigenvalue weighted by Gasteiger charge is -2.50. The third kappa shape index (κ3) is 27.1. The van der Waals surface area contributed by atoms with E-state index < -0.39 is 63.2 Å². The van der Waals surface area contributed by atoms with E-state index in [0.717, 1.165) is 0 Å². The van der Waals surface area contributed by atoms with Crippen molar-refractivity contribution in [3.63, 3.8) is 0 Å². The fraction of sp³-hybridized carbons (Fsp3) is 0.538. The van der Waals surface area contributed by atoms with Gasteiger partial charge in [0.05, 0.1) is 35.1 Å². The zero-order chi connectivity index (χ0) is 63.5. The molecule has 0 spiro atoms. The standard InChI is InChI=1S/C65H96N6O13/c1-21-78-61(13,14)39-65(42-64(19,20)81-38-46(8)66-56(75)82-50-28-22-47(23-29-50)67-53(72)43(2)3,40-62(15,16)79-36-34-59(9,10)70-57(76)83-51-30-24-48(25-31-51)68-54(73)44(4)5)41-63(17,18)80-37-35-60(11,12)71-58(77)84-52-32-26-49(27-33-52)69-55(74)45(6)7/h22-33,46H,2,4,6,21,34-42H2,1,3,5,7-20H3,(H,66,75)(H,67,72)(H,68,73)(H,69,74)(H,70,76)(H,71,77). The van der Waals surface area contributed by atoms with E-state index in [4.69, 9.17) is 33.2 Å². The molecule has 6 amide bonds. The lowest BCUT2D eigenvalue weighted by molar-refractivity contribution is -0.145. The maximum Gasteiger partial charge on any atom is 0.413 e. The van der Waals surface area contributed by atoms with Crippen molar-refractivity contribution >= 4 is 53.1 Å². The van der Waals surface area contributed by atoms with E-state index in [1.165, 1.54) is 0 Å². The van der Waals surface area contributed by atoms with Gasteiger partial charge in [-0.2, -0.15) is 0 Å². The molecular weight excluding hydrogens is 1070 g/mol. The zero-order valence-corrected chi connectivity index (χ0v) is 53.0. The summed E-state index contributed by atoms with van der Waals surface area (Å²) in [6.45, 7) is 44.8. The fourth-order valence-electron chi connectivity index (χ4n) is 9.95. The van der Waals surface area contributed by atoms with Gasteiger partial charge in [0.15, 0.2) is 0 Å². The molecule has 0 aliphatic carbocycles. The minimum atomic E-state index is -0.797. The molecule has 0 saturated heterocycles. The van der Waals surface area contributed by atoms with Gasteiger partial charge >= 0.3 is 18.3 Å². The molecule has 19 nitrogen and oxygen atoms in total. The quantitative estimate of drug-likeness (QED) is 0.0312. The van der Waals surface area contributed by atoms with Gasteiger partial charge in [-0.3, -0.25) is 14.4 Å². The Kier molecular flexibility index (Phi) is 26.0. The van der Waals surface area contributed by atoms with Crippen LogP contribution in [0.2, 0.25) is 0 Å². The lowest BCUT2D eigenvalue weighted by atomic mass is 9.62. The largest absolute Gasteiger partial charge is 0.413 e. The number of ether oxygens (including phenoxy) is 7. The Morgan fingerprint density at radius 1 is 0.440 bits per heavy atom. The van der Waals surface area contributed by atoms with Crippen LogP contribution in [0.3, 0.4) is 0 Å². The Balaban J connectivity index is 1.84. The second kappa shape index (κ2) is 30.7. The maximum atomic E-state index is 13.2. The molecule has 0 heterocycles. The van der Waals surface area contributed by atoms with Crippen LogP contribution in [0.25, 0.3) is 0 Å². The van der Waals surface area contributed by atoms with Gasteiger partial charge in [-0.05, 0) is 234 Å². The predicted molar refractivity (Wildman–Crippen MR) is 331 cm³/mol. The number of hydrogen-bond donors (Lipinski definition) is 6. The van der Waals surface area contributed by atoms with E-state index in [1.807, 2.05) is 55.4 Å². The van der Waals surface area contributed by atoms with Crippen molar-refractivity contribution in [3.05, 3.63) is 109 Å². The van der Waals surface area contributed by atoms with Crippen molar-refractivity contribution in [1.29, 1.82) is 0 Å². The van der Waals surface area contributed by atoms with Crippen LogP contribution in [0.1, 0.15) is 156 Å². The van der Waals surface area contributed by atoms with Crippen molar-refractivity contribution in [2.45, 2.75) is 196 Å². The summed E-state index contributed by atoms with van der Waals surface area (Å²) in [6.07, 6.45) is 1.01. The highest BCUT2D eigenvalue weighted by molar-refractivity contribution is 6.04. The molecule has 0 radical (unpaired) electrons. The van der Waals surface area contributed by atoms with E-state index in [1.54, 1.807) is 93.6 Å². The molecule has 3 aromatic rings. The van der Waals surface area contributed by atoms with Crippen molar-refractivity contribution < 1.29 is 61.9 Å². The molecule has 84 heavy (non-hydrogen) atoms. The smallest absolute Gasteiger partial charge is 0.410 e. The van der Waals surface area contributed by atoms with Gasteiger partial charge in [-0.25, -0.2) is 14.4 Å². The number of nitrogens with one attached hydrogen (secondary N) is 6. The van der Waals surface area contributed by atoms with Gasteiger partial charge in [0.2, 0.25) is 0 Å². The maximum absolute atomic E-state index is 13.2. The Morgan fingerprint density at radius 3 is 1.02 bits per heavy atom. The van der Waals surface area contributed by atoms with Crippen LogP contribution in [0.5, 0.6) is 17.2 Å². The van der Waals surface area contributed by atoms with E-state index in [2.05, 4.69) is 93.2 Å². The third-order valence-electron chi connectivity index (χ3n) is 13.3. The first-order valence-corrected chi connectivity index (χ1v) is 28.5. The minimum Gasteiger partial charge on any atom is -0.410 e. The van der Waals surface area contributed by atoms with E-state index in [-0.39, 0.29) is 43.3 Å². The van der Waals surface area contributed by atoms with Crippen LogP contribution in [-0.2, 0) is 33.3 Å². The molecule has 6 N–H and O–H groups in total. The minimum absolute atomic E-state index is 0.145. The van der Waals surface area contributed by atoms with Crippen LogP contribution >= 0.6 is 0 Å². The summed E-state index contributed by atoms with van der Waals surface area (Å²) >= 11 is 0. The molecule has 3 rings (SSSR count). The Bertz CT molecular complexity index is 2630. The van der Waals surface area contributed by atoms with Crippen LogP contribution in [0.4, 0.5) is 31.4 Å². The Morgan fingerprint density at radius 2 is 0.726 bits per heavy atom. The van der Waals surface area contributed by atoms with Crippen molar-refractivity contribution in [3.8, 4) is 17.2 Å². The predicted octanol–water partition coefficient (Wildman–Crippen LogP) is 13.4. The van der Waals surface area contributed by atoms with E-state index in [9.17, 15) is 28.8 Å². The number of amides is 6. The fourth-order valence-corrected chi connectivity index (χ4v) is 9.95. The number of anilines is 3. The molecular formula is C65H96N6O13. The molecule has 1 unspecified atom stereocenters. The van der Waals surface area contributed by atoms with Gasteiger partial charge in [0, 0.05) is 64.7 Å². The van der Waals surface area contributed by atoms with E-state index >= 15 is 0 Å². The van der Waals surface area contributed by atoms with Crippen LogP contribution in [-0.4, -0.2) is 102 Å². The summed E-state index contributed by atoms with van der Waals surface area (Å²) in [6, 6.07) is 18.9. The molecule has 0 saturated carbocycles. The average Bonchev–Trinajstić information content (AvgIpc) is 3.06. The van der Waals surface area contributed by atoms with Crippen LogP contribution < -0.4 is 46.1 Å². The highest BCUT2D eigenvalue weighted by Crippen LogP contribution is 2.51. The topological polar surface area (TPSA) is 239 Å². The summed E-state index contributed by atoms with van der Waals surface area (Å²) in [4.78, 5) is 75.7. The first-order chi connectivity index (χ1) is 38.7. The molecule has 0 bridgehead atoms. The lowest BCUT2D eigenvalue weighted by Crippen LogP contribution is -2.50. The molecule has 0 aromatic heterocycles. The van der Waals surface area contributed by atoms with Crippen LogP contribution in [0, 0.1) is 5.41 Å². The van der Waals surface area contributed by atoms with Gasteiger partial charge < -0.3 is 65.1 Å². The summed E-state index contributed by atoms with van der Waals surface area (Å²) in [7, 11) is 0. The van der Waals surface area contributed by atoms with Crippen molar-refractivity contribution in [1.82, 2.24) is 16.0 Å². The Labute approximate surface area is 499 Å². The normalized spacial score (nSPS) is 12.7. The number of carbonyl (C=O) groups excluding carboxylic acids is 6. The molecule has 0 aliphatic heterocycles. The Hall–Kier alpha value is -7.06. The highest BCUT2D eigenvalue weighted by Gasteiger charge is 2.48. The first kappa shape index (κ1) is 71.2. The summed E-state index contributed by atoms with van der Waals surface area (Å²) < 4.78 is 43.7. The molecule has 0 aliphatic rings. The van der Waals surface area contributed by atoms with Gasteiger partial charge in [0.25, 0.3) is 17.7 Å². The number of rotatable bonds is 33. The zero-order valence-electron chi connectivity index (χ0n) is 53.0. The number of hydrogen-bond acceptors (Lipinski definition) is 13. The summed E-state index contributed by atoms with van der Waals surface area (Å²) in [5.41, 5.74) is -2.35. The average molecular weight is 1170 g/mol. The first-order valence-electron chi connectivity index (χ1n) is 28.5. The SMILES string of the molecule is C=C(C)C(=O)Nc1ccc(OC(=O)NC(C)COC(C)(C)CC(CC(C)(C)OCC)(CC(C)(C)OCCC(C)(C)NC(=O)Oc2ccc(NC(=O)C(=C)C)cc2)CC(C)(C)OCCC(C)(C)NC(=O)Oc2ccc(NC(=O)C(=C)C)cc2)cc1. The van der Waals surface area contributed by atoms with Crippen molar-refractivity contribution in [2.24, 2.45) is 5.41 Å². The molecule has 0 fully saturated rings. The van der Waals surface area contributed by atoms with E-state index in [0.29, 0.717) is 90.4 Å². The van der Waals surface area contributed by atoms with Crippen molar-refractivity contribution in [2.75, 3.05) is 42.4 Å². The second-order valence-corrected chi connectivity index (χ2v) is 25.7. The molecule has 3 aromatic carbocycles. The molecule has 19 heteroatoms. The van der Waals surface area contributed by atoms with Gasteiger partial charge in [0.1, 0.15) is 17.2 Å². The monoisotopic (exact) mass is 1170 g/mol. The van der Waals surface area contributed by atoms with Crippen LogP contribution in [0.15, 0.2) is 109 Å². The molecule has 1 atom stereocenters. The van der Waals surface area contributed by atoms with Gasteiger partial charge in [-0.15, -0.1) is 0 Å². The highest BCUT2D eigenvalue weighted by atomic mass is 16.6. The number of benzene rings is 3.